The Labute approximate surface area is 191 Å². The highest BCUT2D eigenvalue weighted by molar-refractivity contribution is 7.89. The van der Waals surface area contributed by atoms with Crippen molar-refractivity contribution in [3.63, 3.8) is 0 Å². The number of nitrogens with zero attached hydrogens (tertiary/aromatic N) is 1. The van der Waals surface area contributed by atoms with Crippen LogP contribution in [0.5, 0.6) is 0 Å². The second-order valence-electron chi connectivity index (χ2n) is 7.34. The molecule has 1 aliphatic heterocycles. The highest BCUT2D eigenvalue weighted by atomic mass is 32.2. The van der Waals surface area contributed by atoms with Crippen molar-refractivity contribution in [1.29, 1.82) is 0 Å². The number of hydrogen-bond donors (Lipinski definition) is 1. The molecule has 1 amide bonds. The average molecular weight is 467 g/mol. The first kappa shape index (κ1) is 22.5. The number of esters is 1. The van der Waals surface area contributed by atoms with Gasteiger partial charge >= 0.3 is 5.97 Å². The summed E-state index contributed by atoms with van der Waals surface area (Å²) >= 11 is 0. The topological polar surface area (TPSA) is 106 Å². The highest BCUT2D eigenvalue weighted by Gasteiger charge is 2.24. The lowest BCUT2D eigenvalue weighted by molar-refractivity contribution is -0.142. The Kier molecular flexibility index (Phi) is 6.71. The molecule has 8 nitrogen and oxygen atoms in total. The van der Waals surface area contributed by atoms with Gasteiger partial charge in [0.2, 0.25) is 10.0 Å². The fourth-order valence-corrected chi connectivity index (χ4v) is 4.43. The number of furan rings is 1. The van der Waals surface area contributed by atoms with E-state index in [-0.39, 0.29) is 24.0 Å². The van der Waals surface area contributed by atoms with Crippen LogP contribution in [0.2, 0.25) is 0 Å². The van der Waals surface area contributed by atoms with E-state index in [0.29, 0.717) is 17.9 Å². The van der Waals surface area contributed by atoms with Crippen LogP contribution in [0.4, 0.5) is 5.69 Å². The molecule has 0 saturated heterocycles. The lowest BCUT2D eigenvalue weighted by Crippen LogP contribution is -2.33. The maximum Gasteiger partial charge on any atom is 0.331 e. The molecule has 3 aromatic rings. The van der Waals surface area contributed by atoms with Crippen LogP contribution >= 0.6 is 0 Å². The molecule has 0 spiro atoms. The SMILES string of the molecule is O=C(/C=C/c1ccc(S(=O)(=O)NCc2ccco2)cc1)OCC(=O)N1CCc2ccccc21. The molecule has 0 unspecified atom stereocenters. The number of anilines is 1. The van der Waals surface area contributed by atoms with Crippen LogP contribution in [0.1, 0.15) is 16.9 Å². The fourth-order valence-electron chi connectivity index (χ4n) is 3.44. The van der Waals surface area contributed by atoms with Crippen molar-refractivity contribution >= 4 is 33.7 Å². The van der Waals surface area contributed by atoms with Crippen LogP contribution in [0.3, 0.4) is 0 Å². The minimum absolute atomic E-state index is 0.0462. The van der Waals surface area contributed by atoms with E-state index in [1.165, 1.54) is 30.5 Å². The molecule has 1 aromatic heterocycles. The van der Waals surface area contributed by atoms with Gasteiger partial charge in [-0.3, -0.25) is 4.79 Å². The van der Waals surface area contributed by atoms with Gasteiger partial charge in [-0.25, -0.2) is 17.9 Å². The molecular formula is C24H22N2O6S. The summed E-state index contributed by atoms with van der Waals surface area (Å²) in [6.07, 6.45) is 4.94. The average Bonchev–Trinajstić information content (AvgIpc) is 3.50. The quantitative estimate of drug-likeness (QED) is 0.404. The molecule has 1 N–H and O–H groups in total. The summed E-state index contributed by atoms with van der Waals surface area (Å²) in [5.41, 5.74) is 2.55. The summed E-state index contributed by atoms with van der Waals surface area (Å²) < 4.78 is 37.4. The van der Waals surface area contributed by atoms with Crippen molar-refractivity contribution in [3.8, 4) is 0 Å². The van der Waals surface area contributed by atoms with Crippen LogP contribution in [-0.2, 0) is 37.3 Å². The van der Waals surface area contributed by atoms with Gasteiger partial charge in [-0.1, -0.05) is 30.3 Å². The van der Waals surface area contributed by atoms with Crippen LogP contribution in [0.25, 0.3) is 6.08 Å². The molecule has 0 aliphatic carbocycles. The molecule has 0 bridgehead atoms. The monoisotopic (exact) mass is 466 g/mol. The standard InChI is InChI=1S/C24H22N2O6S/c27-23(26-14-13-19-4-1-2-6-22(19)26)17-32-24(28)12-9-18-7-10-21(11-8-18)33(29,30)25-16-20-5-3-15-31-20/h1-12,15,25H,13-14,16-17H2/b12-9+. The first-order valence-electron chi connectivity index (χ1n) is 10.3. The van der Waals surface area contributed by atoms with Gasteiger partial charge in [0.1, 0.15) is 5.76 Å². The number of carbonyl (C=O) groups excluding carboxylic acids is 2. The van der Waals surface area contributed by atoms with Gasteiger partial charge in [0.05, 0.1) is 17.7 Å². The Morgan fingerprint density at radius 3 is 2.61 bits per heavy atom. The van der Waals surface area contributed by atoms with Crippen molar-refractivity contribution in [2.75, 3.05) is 18.1 Å². The largest absolute Gasteiger partial charge is 0.468 e. The van der Waals surface area contributed by atoms with Crippen molar-refractivity contribution in [2.24, 2.45) is 0 Å². The third kappa shape index (κ3) is 5.57. The van der Waals surface area contributed by atoms with Crippen LogP contribution in [0, 0.1) is 0 Å². The number of sulfonamides is 1. The Morgan fingerprint density at radius 2 is 1.85 bits per heavy atom. The summed E-state index contributed by atoms with van der Waals surface area (Å²) in [4.78, 5) is 26.1. The second kappa shape index (κ2) is 9.85. The normalized spacial score (nSPS) is 13.3. The third-order valence-corrected chi connectivity index (χ3v) is 6.56. The predicted molar refractivity (Wildman–Crippen MR) is 122 cm³/mol. The van der Waals surface area contributed by atoms with E-state index in [0.717, 1.165) is 17.7 Å². The number of fused-ring (bicyclic) bond motifs is 1. The summed E-state index contributed by atoms with van der Waals surface area (Å²) in [6.45, 7) is 0.262. The maximum absolute atomic E-state index is 12.4. The van der Waals surface area contributed by atoms with Crippen molar-refractivity contribution < 1.29 is 27.2 Å². The number of hydrogen-bond acceptors (Lipinski definition) is 6. The van der Waals surface area contributed by atoms with E-state index >= 15 is 0 Å². The van der Waals surface area contributed by atoms with Gasteiger partial charge < -0.3 is 14.1 Å². The zero-order chi connectivity index (χ0) is 23.3. The zero-order valence-corrected chi connectivity index (χ0v) is 18.5. The molecule has 33 heavy (non-hydrogen) atoms. The van der Waals surface area contributed by atoms with Crippen molar-refractivity contribution in [3.05, 3.63) is 89.9 Å². The molecule has 0 fully saturated rings. The number of benzene rings is 2. The summed E-state index contributed by atoms with van der Waals surface area (Å²) in [6, 6.07) is 17.0. The zero-order valence-electron chi connectivity index (χ0n) is 17.6. The molecule has 2 aromatic carbocycles. The van der Waals surface area contributed by atoms with Gasteiger partial charge in [0.15, 0.2) is 6.61 Å². The molecule has 0 atom stereocenters. The summed E-state index contributed by atoms with van der Waals surface area (Å²) in [5.74, 6) is -0.435. The fraction of sp³-hybridized carbons (Fsp3) is 0.167. The van der Waals surface area contributed by atoms with E-state index in [9.17, 15) is 18.0 Å². The van der Waals surface area contributed by atoms with Gasteiger partial charge in [-0.05, 0) is 54.0 Å². The molecule has 0 saturated carbocycles. The minimum Gasteiger partial charge on any atom is -0.468 e. The van der Waals surface area contributed by atoms with E-state index in [4.69, 9.17) is 9.15 Å². The highest BCUT2D eigenvalue weighted by Crippen LogP contribution is 2.27. The van der Waals surface area contributed by atoms with Crippen LogP contribution < -0.4 is 9.62 Å². The summed E-state index contributed by atoms with van der Waals surface area (Å²) in [7, 11) is -3.70. The van der Waals surface area contributed by atoms with Crippen molar-refractivity contribution in [2.45, 2.75) is 17.9 Å². The number of rotatable bonds is 8. The van der Waals surface area contributed by atoms with E-state index in [2.05, 4.69) is 4.72 Å². The van der Waals surface area contributed by atoms with Crippen molar-refractivity contribution in [1.82, 2.24) is 4.72 Å². The van der Waals surface area contributed by atoms with E-state index in [1.54, 1.807) is 29.2 Å². The third-order valence-electron chi connectivity index (χ3n) is 5.14. The van der Waals surface area contributed by atoms with E-state index in [1.807, 2.05) is 24.3 Å². The molecule has 0 radical (unpaired) electrons. The first-order valence-corrected chi connectivity index (χ1v) is 11.8. The Bertz CT molecular complexity index is 1260. The summed E-state index contributed by atoms with van der Waals surface area (Å²) in [5, 5.41) is 0. The van der Waals surface area contributed by atoms with E-state index < -0.39 is 16.0 Å². The predicted octanol–water partition coefficient (Wildman–Crippen LogP) is 2.90. The Morgan fingerprint density at radius 1 is 1.06 bits per heavy atom. The molecule has 1 aliphatic rings. The molecule has 9 heteroatoms. The number of nitrogens with one attached hydrogen (secondary N) is 1. The van der Waals surface area contributed by atoms with Gasteiger partial charge in [0.25, 0.3) is 5.91 Å². The van der Waals surface area contributed by atoms with Gasteiger partial charge in [-0.15, -0.1) is 0 Å². The number of amides is 1. The van der Waals surface area contributed by atoms with Crippen LogP contribution in [-0.4, -0.2) is 33.4 Å². The Balaban J connectivity index is 1.28. The molecule has 2 heterocycles. The second-order valence-corrected chi connectivity index (χ2v) is 9.11. The Hall–Kier alpha value is -3.69. The molecular weight excluding hydrogens is 444 g/mol. The first-order chi connectivity index (χ1) is 15.9. The number of ether oxygens (including phenoxy) is 1. The van der Waals surface area contributed by atoms with Crippen LogP contribution in [0.15, 0.2) is 82.3 Å². The molecule has 170 valence electrons. The number of para-hydroxylation sites is 1. The maximum atomic E-state index is 12.4. The van der Waals surface area contributed by atoms with Gasteiger partial charge in [0, 0.05) is 18.3 Å². The lowest BCUT2D eigenvalue weighted by atomic mass is 10.2. The smallest absolute Gasteiger partial charge is 0.331 e. The van der Waals surface area contributed by atoms with Gasteiger partial charge in [-0.2, -0.15) is 0 Å². The number of carbonyl (C=O) groups is 2. The minimum atomic E-state index is -3.70. The lowest BCUT2D eigenvalue weighted by Gasteiger charge is -2.16. The molecule has 4 rings (SSSR count).